The molecule has 0 unspecified atom stereocenters. The van der Waals surface area contributed by atoms with Crippen molar-refractivity contribution in [2.75, 3.05) is 33.2 Å². The van der Waals surface area contributed by atoms with E-state index in [-0.39, 0.29) is 4.90 Å². The van der Waals surface area contributed by atoms with Crippen molar-refractivity contribution in [3.8, 4) is 0 Å². The fourth-order valence-corrected chi connectivity index (χ4v) is 3.84. The molecule has 2 rings (SSSR count). The van der Waals surface area contributed by atoms with E-state index in [1.165, 1.54) is 35.3 Å². The van der Waals surface area contributed by atoms with E-state index in [4.69, 9.17) is 0 Å². The maximum absolute atomic E-state index is 13.1. The highest BCUT2D eigenvalue weighted by Gasteiger charge is 2.23. The van der Waals surface area contributed by atoms with Gasteiger partial charge in [-0.3, -0.25) is 0 Å². The van der Waals surface area contributed by atoms with Crippen LogP contribution in [-0.4, -0.2) is 50.8 Å². The Kier molecular flexibility index (Phi) is 4.78. The molecule has 6 heteroatoms. The van der Waals surface area contributed by atoms with Gasteiger partial charge in [0.15, 0.2) is 0 Å². The molecular formula is C14H21FN2O2S. The Balaban J connectivity index is 2.08. The van der Waals surface area contributed by atoms with Crippen LogP contribution in [0.5, 0.6) is 0 Å². The topological polar surface area (TPSA) is 40.6 Å². The van der Waals surface area contributed by atoms with Gasteiger partial charge in [-0.25, -0.2) is 12.8 Å². The molecule has 0 N–H and O–H groups in total. The summed E-state index contributed by atoms with van der Waals surface area (Å²) in [6, 6.07) is 3.78. The molecule has 0 bridgehead atoms. The Hall–Kier alpha value is -0.980. The van der Waals surface area contributed by atoms with Crippen LogP contribution in [0.4, 0.5) is 4.39 Å². The van der Waals surface area contributed by atoms with Gasteiger partial charge in [0, 0.05) is 20.1 Å². The fourth-order valence-electron chi connectivity index (χ4n) is 2.48. The van der Waals surface area contributed by atoms with Crippen LogP contribution in [0.1, 0.15) is 18.4 Å². The molecule has 1 fully saturated rings. The Morgan fingerprint density at radius 3 is 2.55 bits per heavy atom. The predicted octanol–water partition coefficient (Wildman–Crippen LogP) is 1.85. The van der Waals surface area contributed by atoms with Gasteiger partial charge in [-0.1, -0.05) is 0 Å². The van der Waals surface area contributed by atoms with E-state index in [0.717, 1.165) is 19.6 Å². The van der Waals surface area contributed by atoms with Gasteiger partial charge in [0.05, 0.1) is 4.90 Å². The molecule has 0 atom stereocenters. The largest absolute Gasteiger partial charge is 0.302 e. The number of likely N-dealkylation sites (N-methyl/N-ethyl adjacent to an activating group) is 1. The van der Waals surface area contributed by atoms with E-state index in [1.807, 2.05) is 0 Å². The van der Waals surface area contributed by atoms with Crippen molar-refractivity contribution in [2.45, 2.75) is 24.7 Å². The smallest absolute Gasteiger partial charge is 0.243 e. The quantitative estimate of drug-likeness (QED) is 0.833. The summed E-state index contributed by atoms with van der Waals surface area (Å²) in [4.78, 5) is 2.45. The van der Waals surface area contributed by atoms with Gasteiger partial charge in [0.25, 0.3) is 0 Å². The highest BCUT2D eigenvalue weighted by molar-refractivity contribution is 7.89. The van der Waals surface area contributed by atoms with Gasteiger partial charge in [-0.2, -0.15) is 4.31 Å². The van der Waals surface area contributed by atoms with E-state index < -0.39 is 15.8 Å². The normalized spacial score (nSPS) is 17.0. The minimum atomic E-state index is -3.54. The van der Waals surface area contributed by atoms with Crippen LogP contribution in [0.25, 0.3) is 0 Å². The highest BCUT2D eigenvalue weighted by atomic mass is 32.2. The lowest BCUT2D eigenvalue weighted by molar-refractivity contribution is 0.310. The van der Waals surface area contributed by atoms with E-state index in [1.54, 1.807) is 14.0 Å². The maximum atomic E-state index is 13.1. The van der Waals surface area contributed by atoms with Crippen molar-refractivity contribution < 1.29 is 12.8 Å². The molecule has 0 aromatic heterocycles. The molecule has 0 aliphatic carbocycles. The molecule has 1 aliphatic heterocycles. The molecule has 0 saturated carbocycles. The summed E-state index contributed by atoms with van der Waals surface area (Å²) in [6.07, 6.45) is 2.38. The molecule has 112 valence electrons. The number of likely N-dealkylation sites (tertiary alicyclic amines) is 1. The summed E-state index contributed by atoms with van der Waals surface area (Å²) in [5, 5.41) is 0. The molecule has 1 saturated heterocycles. The minimum absolute atomic E-state index is 0.183. The Bertz CT molecular complexity index is 569. The summed E-state index contributed by atoms with van der Waals surface area (Å²) in [7, 11) is -1.96. The number of sulfonamides is 1. The molecule has 1 aromatic rings. The summed E-state index contributed by atoms with van der Waals surface area (Å²) in [5.41, 5.74) is 0.443. The van der Waals surface area contributed by atoms with Gasteiger partial charge in [-0.15, -0.1) is 0 Å². The summed E-state index contributed by atoms with van der Waals surface area (Å²) >= 11 is 0. The van der Waals surface area contributed by atoms with Crippen molar-refractivity contribution in [3.05, 3.63) is 29.6 Å². The number of hydrogen-bond donors (Lipinski definition) is 0. The van der Waals surface area contributed by atoms with Crippen molar-refractivity contribution in [3.63, 3.8) is 0 Å². The Labute approximate surface area is 120 Å². The Morgan fingerprint density at radius 1 is 1.30 bits per heavy atom. The van der Waals surface area contributed by atoms with E-state index in [9.17, 15) is 12.8 Å². The van der Waals surface area contributed by atoms with Crippen LogP contribution in [-0.2, 0) is 10.0 Å². The van der Waals surface area contributed by atoms with Crippen LogP contribution in [0.2, 0.25) is 0 Å². The van der Waals surface area contributed by atoms with E-state index in [0.29, 0.717) is 12.1 Å². The second-order valence-electron chi connectivity index (χ2n) is 5.29. The first kappa shape index (κ1) is 15.4. The van der Waals surface area contributed by atoms with Crippen LogP contribution in [0.3, 0.4) is 0 Å². The van der Waals surface area contributed by atoms with Crippen molar-refractivity contribution in [1.82, 2.24) is 9.21 Å². The predicted molar refractivity (Wildman–Crippen MR) is 76.6 cm³/mol. The zero-order valence-corrected chi connectivity index (χ0v) is 12.8. The first-order chi connectivity index (χ1) is 9.41. The number of halogens is 1. The Morgan fingerprint density at radius 2 is 1.95 bits per heavy atom. The van der Waals surface area contributed by atoms with Crippen LogP contribution < -0.4 is 0 Å². The number of benzene rings is 1. The van der Waals surface area contributed by atoms with Gasteiger partial charge in [-0.05, 0) is 56.6 Å². The number of nitrogens with zero attached hydrogens (tertiary/aromatic N) is 2. The van der Waals surface area contributed by atoms with E-state index in [2.05, 4.69) is 4.90 Å². The van der Waals surface area contributed by atoms with Crippen molar-refractivity contribution in [2.24, 2.45) is 0 Å². The number of hydrogen-bond acceptors (Lipinski definition) is 3. The third kappa shape index (κ3) is 3.37. The molecular weight excluding hydrogens is 279 g/mol. The molecule has 0 radical (unpaired) electrons. The molecule has 0 spiro atoms. The first-order valence-corrected chi connectivity index (χ1v) is 8.30. The van der Waals surface area contributed by atoms with Gasteiger partial charge >= 0.3 is 0 Å². The van der Waals surface area contributed by atoms with Crippen LogP contribution in [0.15, 0.2) is 23.1 Å². The van der Waals surface area contributed by atoms with Gasteiger partial charge in [0.2, 0.25) is 10.0 Å². The molecule has 1 aromatic carbocycles. The fraction of sp³-hybridized carbons (Fsp3) is 0.571. The maximum Gasteiger partial charge on any atom is 0.243 e. The molecule has 0 amide bonds. The summed E-state index contributed by atoms with van der Waals surface area (Å²) in [6.45, 7) is 4.91. The summed E-state index contributed by atoms with van der Waals surface area (Å²) < 4.78 is 39.3. The van der Waals surface area contributed by atoms with Gasteiger partial charge < -0.3 is 4.90 Å². The zero-order valence-electron chi connectivity index (χ0n) is 12.0. The molecule has 1 heterocycles. The van der Waals surface area contributed by atoms with Crippen LogP contribution in [0, 0.1) is 12.7 Å². The van der Waals surface area contributed by atoms with E-state index >= 15 is 0 Å². The second-order valence-corrected chi connectivity index (χ2v) is 7.30. The van der Waals surface area contributed by atoms with Crippen LogP contribution >= 0.6 is 0 Å². The highest BCUT2D eigenvalue weighted by Crippen LogP contribution is 2.20. The number of rotatable bonds is 5. The van der Waals surface area contributed by atoms with Crippen molar-refractivity contribution in [1.29, 1.82) is 0 Å². The standard InChI is InChI=1S/C14H21FN2O2S/c1-12-11-13(15)5-6-14(12)20(18,19)16(2)9-10-17-7-3-4-8-17/h5-6,11H,3-4,7-10H2,1-2H3. The monoisotopic (exact) mass is 300 g/mol. The van der Waals surface area contributed by atoms with Gasteiger partial charge in [0.1, 0.15) is 5.82 Å². The molecule has 20 heavy (non-hydrogen) atoms. The lowest BCUT2D eigenvalue weighted by Gasteiger charge is -2.22. The third-order valence-corrected chi connectivity index (χ3v) is 5.77. The summed E-state index contributed by atoms with van der Waals surface area (Å²) in [5.74, 6) is -0.416. The van der Waals surface area contributed by atoms with Crippen molar-refractivity contribution >= 4 is 10.0 Å². The lowest BCUT2D eigenvalue weighted by atomic mass is 10.2. The number of aryl methyl sites for hydroxylation is 1. The SMILES string of the molecule is Cc1cc(F)ccc1S(=O)(=O)N(C)CCN1CCCC1. The first-order valence-electron chi connectivity index (χ1n) is 6.86. The minimum Gasteiger partial charge on any atom is -0.302 e. The zero-order chi connectivity index (χ0) is 14.8. The lowest BCUT2D eigenvalue weighted by Crippen LogP contribution is -2.35. The average molecular weight is 300 g/mol. The molecule has 4 nitrogen and oxygen atoms in total. The second kappa shape index (κ2) is 6.20. The molecule has 1 aliphatic rings. The average Bonchev–Trinajstić information content (AvgIpc) is 2.88. The third-order valence-electron chi connectivity index (χ3n) is 3.76.